The minimum atomic E-state index is -2.19. The molecule has 0 atom stereocenters. The maximum atomic E-state index is 12.4. The summed E-state index contributed by atoms with van der Waals surface area (Å²) in [6.45, 7) is 22.4. The highest BCUT2D eigenvalue weighted by molar-refractivity contribution is 6.72. The molecule has 0 aliphatic heterocycles. The highest BCUT2D eigenvalue weighted by Gasteiger charge is 2.51. The van der Waals surface area contributed by atoms with Crippen LogP contribution < -0.4 is 0 Å². The van der Waals surface area contributed by atoms with Crippen LogP contribution in [0.4, 0.5) is 0 Å². The lowest BCUT2D eigenvalue weighted by Crippen LogP contribution is -2.58. The predicted molar refractivity (Wildman–Crippen MR) is 116 cm³/mol. The van der Waals surface area contributed by atoms with Gasteiger partial charge in [0.25, 0.3) is 5.97 Å². The van der Waals surface area contributed by atoms with Gasteiger partial charge in [-0.25, -0.2) is 4.79 Å². The first-order valence-electron chi connectivity index (χ1n) is 9.52. The summed E-state index contributed by atoms with van der Waals surface area (Å²) in [5.74, 6) is -2.63. The topological polar surface area (TPSA) is 65.0 Å². The Morgan fingerprint density at radius 1 is 0.808 bits per heavy atom. The molecule has 0 rings (SSSR count). The van der Waals surface area contributed by atoms with E-state index in [2.05, 4.69) is 6.92 Å². The molecule has 0 spiro atoms. The third-order valence-electron chi connectivity index (χ3n) is 3.17. The second-order valence-corrected chi connectivity index (χ2v) is 22.9. The van der Waals surface area contributed by atoms with Gasteiger partial charge in [-0.1, -0.05) is 25.8 Å². The zero-order valence-electron chi connectivity index (χ0n) is 18.7. The molecule has 5 nitrogen and oxygen atoms in total. The fraction of sp³-hybridized carbons (Fsp3) is 0.833. The van der Waals surface area contributed by atoms with Crippen LogP contribution in [0.1, 0.15) is 33.1 Å². The Morgan fingerprint density at radius 3 is 1.35 bits per heavy atom. The van der Waals surface area contributed by atoms with Gasteiger partial charge >= 0.3 is 5.97 Å². The minimum absolute atomic E-state index is 0.161. The van der Waals surface area contributed by atoms with Crippen LogP contribution in [0.2, 0.25) is 58.9 Å². The number of allylic oxidation sites excluding steroid dienone is 1. The largest absolute Gasteiger partial charge is 0.478 e. The normalized spacial score (nSPS) is 15.0. The molecule has 0 aromatic carbocycles. The van der Waals surface area contributed by atoms with Crippen molar-refractivity contribution < 1.29 is 23.2 Å². The molecule has 0 aromatic rings. The van der Waals surface area contributed by atoms with Crippen LogP contribution in [-0.2, 0) is 18.1 Å². The molecule has 26 heavy (non-hydrogen) atoms. The maximum Gasteiger partial charge on any atom is 0.339 e. The number of rotatable bonds is 11. The number of hydrogen-bond acceptors (Lipinski definition) is 4. The monoisotopic (exact) mass is 420 g/mol. The van der Waals surface area contributed by atoms with E-state index < -0.39 is 36.9 Å². The van der Waals surface area contributed by atoms with Crippen molar-refractivity contribution in [3.05, 3.63) is 11.1 Å². The summed E-state index contributed by atoms with van der Waals surface area (Å²) in [6.07, 6.45) is 2.19. The van der Waals surface area contributed by atoms with Crippen molar-refractivity contribution >= 4 is 30.9 Å². The van der Waals surface area contributed by atoms with E-state index in [1.807, 2.05) is 65.8 Å². The van der Waals surface area contributed by atoms with E-state index >= 15 is 0 Å². The van der Waals surface area contributed by atoms with E-state index in [0.29, 0.717) is 12.8 Å². The van der Waals surface area contributed by atoms with Crippen LogP contribution in [0.3, 0.4) is 0 Å². The average molecular weight is 421 g/mol. The van der Waals surface area contributed by atoms with Gasteiger partial charge in [0, 0.05) is 0 Å². The van der Waals surface area contributed by atoms with Crippen LogP contribution in [0.5, 0.6) is 0 Å². The van der Waals surface area contributed by atoms with Crippen LogP contribution in [0.15, 0.2) is 11.1 Å². The molecule has 0 saturated heterocycles. The van der Waals surface area contributed by atoms with Gasteiger partial charge in [0.15, 0.2) is 25.0 Å². The number of carboxylic acid groups (broad SMARTS) is 1. The number of carboxylic acids is 1. The third kappa shape index (κ3) is 9.10. The summed E-state index contributed by atoms with van der Waals surface area (Å²) in [7, 11) is -6.56. The molecule has 0 aliphatic rings. The van der Waals surface area contributed by atoms with Gasteiger partial charge < -0.3 is 18.4 Å². The molecule has 0 bridgehead atoms. The first-order chi connectivity index (χ1) is 11.5. The SMILES string of the molecule is CCCC(CC)=C(C(=O)O)C(O[Si](C)(C)C)(O[Si](C)(C)C)O[Si](C)(C)C. The molecule has 0 amide bonds. The molecule has 0 heterocycles. The Morgan fingerprint density at radius 2 is 1.15 bits per heavy atom. The smallest absolute Gasteiger partial charge is 0.339 e. The van der Waals surface area contributed by atoms with E-state index in [4.69, 9.17) is 13.3 Å². The highest BCUT2D eigenvalue weighted by Crippen LogP contribution is 2.38. The third-order valence-corrected chi connectivity index (χ3v) is 5.82. The predicted octanol–water partition coefficient (Wildman–Crippen LogP) is 5.79. The standard InChI is InChI=1S/C18H40O5Si3/c1-12-14-15(13-2)16(17(19)20)18(21-24(3,4)5,22-25(6,7)8)23-26(9,10)11/h12-14H2,1-11H3,(H,19,20). The van der Waals surface area contributed by atoms with Crippen LogP contribution in [0, 0.1) is 0 Å². The Balaban J connectivity index is 6.83. The van der Waals surface area contributed by atoms with Gasteiger partial charge in [0.1, 0.15) is 5.57 Å². The molecule has 0 unspecified atom stereocenters. The Bertz CT molecular complexity index is 470. The molecular formula is C18H40O5Si3. The fourth-order valence-corrected chi connectivity index (χ4v) is 5.93. The number of carbonyl (C=O) groups is 1. The first-order valence-corrected chi connectivity index (χ1v) is 19.7. The molecule has 8 heteroatoms. The van der Waals surface area contributed by atoms with Crippen molar-refractivity contribution in [1.29, 1.82) is 0 Å². The molecule has 1 N–H and O–H groups in total. The Kier molecular flexibility index (Phi) is 9.20. The Labute approximate surface area is 163 Å². The van der Waals surface area contributed by atoms with Gasteiger partial charge in [0.05, 0.1) is 0 Å². The van der Waals surface area contributed by atoms with Gasteiger partial charge in [-0.2, -0.15) is 0 Å². The van der Waals surface area contributed by atoms with E-state index in [0.717, 1.165) is 12.0 Å². The lowest BCUT2D eigenvalue weighted by atomic mass is 9.99. The van der Waals surface area contributed by atoms with Crippen molar-refractivity contribution in [2.24, 2.45) is 0 Å². The maximum absolute atomic E-state index is 12.4. The zero-order valence-corrected chi connectivity index (χ0v) is 21.7. The molecule has 0 radical (unpaired) electrons. The molecule has 0 aromatic heterocycles. The van der Waals surface area contributed by atoms with Gasteiger partial charge in [0.2, 0.25) is 0 Å². The number of hydrogen-bond donors (Lipinski definition) is 1. The van der Waals surface area contributed by atoms with Crippen molar-refractivity contribution in [3.8, 4) is 0 Å². The molecule has 154 valence electrons. The molecule has 0 fully saturated rings. The van der Waals surface area contributed by atoms with Gasteiger partial charge in [-0.3, -0.25) is 0 Å². The summed E-state index contributed by atoms with van der Waals surface area (Å²) in [6, 6.07) is 0. The van der Waals surface area contributed by atoms with Crippen molar-refractivity contribution in [3.63, 3.8) is 0 Å². The van der Waals surface area contributed by atoms with E-state index in [1.54, 1.807) is 0 Å². The quantitative estimate of drug-likeness (QED) is 0.260. The summed E-state index contributed by atoms with van der Waals surface area (Å²) in [5.41, 5.74) is 1.00. The summed E-state index contributed by atoms with van der Waals surface area (Å²) in [4.78, 5) is 12.4. The molecular weight excluding hydrogens is 380 g/mol. The molecule has 0 saturated carbocycles. The Hall–Kier alpha value is -0.259. The summed E-state index contributed by atoms with van der Waals surface area (Å²) < 4.78 is 19.4. The molecule has 0 aliphatic carbocycles. The van der Waals surface area contributed by atoms with E-state index in [9.17, 15) is 9.90 Å². The zero-order chi connectivity index (χ0) is 21.0. The van der Waals surface area contributed by atoms with Crippen molar-refractivity contribution in [2.45, 2.75) is 98.0 Å². The van der Waals surface area contributed by atoms with Crippen LogP contribution in [-0.4, -0.2) is 42.0 Å². The number of aliphatic carboxylic acids is 1. The summed E-state index contributed by atoms with van der Waals surface area (Å²) >= 11 is 0. The average Bonchev–Trinajstić information content (AvgIpc) is 2.30. The first kappa shape index (κ1) is 25.7. The van der Waals surface area contributed by atoms with Crippen LogP contribution >= 0.6 is 0 Å². The van der Waals surface area contributed by atoms with E-state index in [-0.39, 0.29) is 5.57 Å². The van der Waals surface area contributed by atoms with Gasteiger partial charge in [-0.05, 0) is 71.8 Å². The van der Waals surface area contributed by atoms with Gasteiger partial charge in [-0.15, -0.1) is 0 Å². The lowest BCUT2D eigenvalue weighted by molar-refractivity contribution is -0.242. The van der Waals surface area contributed by atoms with Crippen molar-refractivity contribution in [2.75, 3.05) is 0 Å². The lowest BCUT2D eigenvalue weighted by Gasteiger charge is -2.46. The minimum Gasteiger partial charge on any atom is -0.478 e. The highest BCUT2D eigenvalue weighted by atomic mass is 28.4. The summed E-state index contributed by atoms with van der Waals surface area (Å²) in [5, 5.41) is 10.2. The van der Waals surface area contributed by atoms with Crippen LogP contribution in [0.25, 0.3) is 0 Å². The fourth-order valence-electron chi connectivity index (χ4n) is 2.70. The van der Waals surface area contributed by atoms with Crippen molar-refractivity contribution in [1.82, 2.24) is 0 Å². The van der Waals surface area contributed by atoms with E-state index in [1.165, 1.54) is 0 Å². The second kappa shape index (κ2) is 9.29. The second-order valence-electron chi connectivity index (χ2n) is 9.59.